The molecule has 1 fully saturated rings. The van der Waals surface area contributed by atoms with Gasteiger partial charge in [-0.25, -0.2) is 0 Å². The summed E-state index contributed by atoms with van der Waals surface area (Å²) in [5.74, 6) is 0.536. The first kappa shape index (κ1) is 19.6. The van der Waals surface area contributed by atoms with Crippen LogP contribution in [-0.4, -0.2) is 31.2 Å². The SMILES string of the molecule is COC[C@H]1CCC2/C1=C\[C@@]1(C)CCC(Cc3ccccc3)=C1CC(=O)C2CO. The van der Waals surface area contributed by atoms with E-state index in [0.29, 0.717) is 18.9 Å². The number of methoxy groups -OCH3 is 1. The highest BCUT2D eigenvalue weighted by molar-refractivity contribution is 5.85. The highest BCUT2D eigenvalue weighted by Gasteiger charge is 2.45. The third-order valence-corrected chi connectivity index (χ3v) is 7.35. The highest BCUT2D eigenvalue weighted by Crippen LogP contribution is 2.53. The number of carbonyl (C=O) groups excluding carboxylic acids is 1. The Kier molecular flexibility index (Phi) is 5.57. The van der Waals surface area contributed by atoms with Crippen molar-refractivity contribution >= 4 is 5.78 Å². The molecule has 1 aromatic carbocycles. The predicted molar refractivity (Wildman–Crippen MR) is 111 cm³/mol. The summed E-state index contributed by atoms with van der Waals surface area (Å²) in [5, 5.41) is 10.1. The van der Waals surface area contributed by atoms with Gasteiger partial charge in [-0.2, -0.15) is 0 Å². The standard InChI is InChI=1S/C25H32O3/c1-25-11-10-18(12-17-6-4-3-5-7-17)23(25)13-24(27)22(15-26)20-9-8-19(16-28-2)21(20)14-25/h3-7,14,19-20,22,26H,8-13,15-16H2,1-2H3/b21-14-/t19-,20?,22?,25-/m1/s1. The van der Waals surface area contributed by atoms with E-state index in [-0.39, 0.29) is 29.6 Å². The number of ketones is 1. The number of Topliss-reactive ketones (excluding diaryl/α,β-unsaturated/α-hetero) is 1. The number of aliphatic hydroxyl groups excluding tert-OH is 1. The number of hydrogen-bond donors (Lipinski definition) is 1. The van der Waals surface area contributed by atoms with E-state index < -0.39 is 0 Å². The molecule has 3 aliphatic carbocycles. The molecule has 0 aliphatic heterocycles. The Hall–Kier alpha value is -1.71. The molecule has 3 nitrogen and oxygen atoms in total. The van der Waals surface area contributed by atoms with Crippen LogP contribution in [0.15, 0.2) is 53.1 Å². The summed E-state index contributed by atoms with van der Waals surface area (Å²) in [6.07, 6.45) is 8.09. The number of aliphatic hydroxyl groups is 1. The van der Waals surface area contributed by atoms with Crippen LogP contribution >= 0.6 is 0 Å². The molecule has 1 aromatic rings. The molecule has 2 unspecified atom stereocenters. The Morgan fingerprint density at radius 1 is 1.21 bits per heavy atom. The highest BCUT2D eigenvalue weighted by atomic mass is 16.5. The molecule has 3 aliphatic rings. The second kappa shape index (κ2) is 7.96. The molecule has 0 bridgehead atoms. The van der Waals surface area contributed by atoms with E-state index in [0.717, 1.165) is 32.1 Å². The van der Waals surface area contributed by atoms with E-state index in [1.165, 1.54) is 22.3 Å². The second-order valence-electron chi connectivity index (χ2n) is 9.07. The van der Waals surface area contributed by atoms with Gasteiger partial charge in [-0.3, -0.25) is 4.79 Å². The molecular weight excluding hydrogens is 348 g/mol. The average Bonchev–Trinajstić information content (AvgIpc) is 3.19. The zero-order valence-electron chi connectivity index (χ0n) is 17.1. The molecule has 1 N–H and O–H groups in total. The van der Waals surface area contributed by atoms with Gasteiger partial charge in [0.15, 0.2) is 0 Å². The lowest BCUT2D eigenvalue weighted by Gasteiger charge is -2.34. The molecule has 0 heterocycles. The Balaban J connectivity index is 1.76. The third-order valence-electron chi connectivity index (χ3n) is 7.35. The molecule has 0 radical (unpaired) electrons. The normalized spacial score (nSPS) is 34.5. The van der Waals surface area contributed by atoms with Crippen LogP contribution in [-0.2, 0) is 16.0 Å². The Bertz CT molecular complexity index is 791. The molecular formula is C25H32O3. The van der Waals surface area contributed by atoms with E-state index in [1.807, 2.05) is 6.07 Å². The largest absolute Gasteiger partial charge is 0.396 e. The van der Waals surface area contributed by atoms with Gasteiger partial charge in [0.1, 0.15) is 5.78 Å². The maximum absolute atomic E-state index is 13.2. The van der Waals surface area contributed by atoms with Crippen LogP contribution in [0.1, 0.15) is 44.6 Å². The maximum atomic E-state index is 13.2. The van der Waals surface area contributed by atoms with Gasteiger partial charge in [-0.1, -0.05) is 60.1 Å². The fourth-order valence-corrected chi connectivity index (χ4v) is 5.82. The molecule has 1 saturated carbocycles. The Labute approximate surface area is 168 Å². The van der Waals surface area contributed by atoms with Crippen molar-refractivity contribution in [2.24, 2.45) is 23.2 Å². The van der Waals surface area contributed by atoms with E-state index in [4.69, 9.17) is 4.74 Å². The number of hydrogen-bond acceptors (Lipinski definition) is 3. The molecule has 28 heavy (non-hydrogen) atoms. The first-order chi connectivity index (χ1) is 13.6. The fraction of sp³-hybridized carbons (Fsp3) is 0.560. The summed E-state index contributed by atoms with van der Waals surface area (Å²) in [4.78, 5) is 13.2. The molecule has 0 aromatic heterocycles. The number of allylic oxidation sites excluding steroid dienone is 3. The molecule has 4 rings (SSSR count). The van der Waals surface area contributed by atoms with E-state index in [9.17, 15) is 9.90 Å². The van der Waals surface area contributed by atoms with Crippen molar-refractivity contribution in [1.82, 2.24) is 0 Å². The monoisotopic (exact) mass is 380 g/mol. The van der Waals surface area contributed by atoms with E-state index >= 15 is 0 Å². The molecule has 0 spiro atoms. The fourth-order valence-electron chi connectivity index (χ4n) is 5.82. The minimum Gasteiger partial charge on any atom is -0.396 e. The zero-order chi connectivity index (χ0) is 19.7. The maximum Gasteiger partial charge on any atom is 0.142 e. The molecule has 3 heteroatoms. The molecule has 150 valence electrons. The van der Waals surface area contributed by atoms with Crippen molar-refractivity contribution < 1.29 is 14.6 Å². The third kappa shape index (κ3) is 3.51. The van der Waals surface area contributed by atoms with Gasteiger partial charge in [-0.15, -0.1) is 0 Å². The van der Waals surface area contributed by atoms with Crippen molar-refractivity contribution in [2.45, 2.75) is 45.4 Å². The lowest BCUT2D eigenvalue weighted by molar-refractivity contribution is -0.125. The second-order valence-corrected chi connectivity index (χ2v) is 9.07. The van der Waals surface area contributed by atoms with Gasteiger partial charge in [0, 0.05) is 30.8 Å². The van der Waals surface area contributed by atoms with Crippen LogP contribution in [0.2, 0.25) is 0 Å². The summed E-state index contributed by atoms with van der Waals surface area (Å²) in [7, 11) is 1.76. The molecule has 0 amide bonds. The number of ether oxygens (including phenoxy) is 1. The lowest BCUT2D eigenvalue weighted by atomic mass is 9.70. The number of benzene rings is 1. The van der Waals surface area contributed by atoms with Gasteiger partial charge in [0.25, 0.3) is 0 Å². The van der Waals surface area contributed by atoms with Crippen LogP contribution in [0.3, 0.4) is 0 Å². The summed E-state index contributed by atoms with van der Waals surface area (Å²) in [5.41, 5.74) is 5.38. The topological polar surface area (TPSA) is 46.5 Å². The smallest absolute Gasteiger partial charge is 0.142 e. The van der Waals surface area contributed by atoms with Crippen molar-refractivity contribution in [2.75, 3.05) is 20.3 Å². The van der Waals surface area contributed by atoms with Crippen LogP contribution in [0, 0.1) is 23.2 Å². The summed E-state index contributed by atoms with van der Waals surface area (Å²) >= 11 is 0. The minimum atomic E-state index is -0.260. The van der Waals surface area contributed by atoms with E-state index in [1.54, 1.807) is 7.11 Å². The van der Waals surface area contributed by atoms with Crippen LogP contribution < -0.4 is 0 Å². The van der Waals surface area contributed by atoms with Gasteiger partial charge in [0.2, 0.25) is 0 Å². The number of carbonyl (C=O) groups is 1. The number of rotatable bonds is 5. The first-order valence-electron chi connectivity index (χ1n) is 10.7. The zero-order valence-corrected chi connectivity index (χ0v) is 17.1. The van der Waals surface area contributed by atoms with Gasteiger partial charge >= 0.3 is 0 Å². The van der Waals surface area contributed by atoms with Gasteiger partial charge in [0.05, 0.1) is 13.2 Å². The van der Waals surface area contributed by atoms with Crippen LogP contribution in [0.5, 0.6) is 0 Å². The summed E-state index contributed by atoms with van der Waals surface area (Å²) < 4.78 is 5.49. The quantitative estimate of drug-likeness (QED) is 0.765. The molecule has 0 saturated heterocycles. The van der Waals surface area contributed by atoms with Crippen molar-refractivity contribution in [1.29, 1.82) is 0 Å². The van der Waals surface area contributed by atoms with Crippen molar-refractivity contribution in [3.63, 3.8) is 0 Å². The number of fused-ring (bicyclic) bond motifs is 2. The minimum absolute atomic E-state index is 0.0376. The predicted octanol–water partition coefficient (Wildman–Crippen LogP) is 4.51. The lowest BCUT2D eigenvalue weighted by Crippen LogP contribution is -2.32. The van der Waals surface area contributed by atoms with Crippen LogP contribution in [0.4, 0.5) is 0 Å². The van der Waals surface area contributed by atoms with Crippen LogP contribution in [0.25, 0.3) is 0 Å². The van der Waals surface area contributed by atoms with Gasteiger partial charge < -0.3 is 9.84 Å². The van der Waals surface area contributed by atoms with Crippen molar-refractivity contribution in [3.05, 3.63) is 58.7 Å². The summed E-state index contributed by atoms with van der Waals surface area (Å²) in [6, 6.07) is 10.6. The molecule has 4 atom stereocenters. The Morgan fingerprint density at radius 3 is 2.71 bits per heavy atom. The van der Waals surface area contributed by atoms with Gasteiger partial charge in [-0.05, 0) is 43.6 Å². The van der Waals surface area contributed by atoms with Crippen molar-refractivity contribution in [3.8, 4) is 0 Å². The first-order valence-corrected chi connectivity index (χ1v) is 10.7. The Morgan fingerprint density at radius 2 is 2.00 bits per heavy atom. The summed E-state index contributed by atoms with van der Waals surface area (Å²) in [6.45, 7) is 2.98. The average molecular weight is 381 g/mol. The van der Waals surface area contributed by atoms with E-state index in [2.05, 4.69) is 37.3 Å².